The molecule has 2 rings (SSSR count). The highest BCUT2D eigenvalue weighted by Gasteiger charge is 2.17. The van der Waals surface area contributed by atoms with Crippen LogP contribution in [0.1, 0.15) is 10.4 Å². The lowest BCUT2D eigenvalue weighted by molar-refractivity contribution is 0.102. The summed E-state index contributed by atoms with van der Waals surface area (Å²) in [5, 5.41) is 2.41. The molecule has 2 aromatic carbocycles. The number of hydrogen-bond acceptors (Lipinski definition) is 2. The fraction of sp³-hybridized carbons (Fsp3) is 0. The summed E-state index contributed by atoms with van der Waals surface area (Å²) in [6.07, 6.45) is 0. The molecular weight excluding hydrogens is 417 g/mol. The Labute approximate surface area is 134 Å². The van der Waals surface area contributed by atoms with Crippen molar-refractivity contribution in [1.82, 2.24) is 0 Å². The zero-order chi connectivity index (χ0) is 15.7. The summed E-state index contributed by atoms with van der Waals surface area (Å²) in [4.78, 5) is 12.0. The number of nitrogen functional groups attached to an aromatic ring is 1. The van der Waals surface area contributed by atoms with E-state index in [1.807, 2.05) is 0 Å². The Morgan fingerprint density at radius 3 is 2.14 bits per heavy atom. The van der Waals surface area contributed by atoms with Crippen molar-refractivity contribution in [3.63, 3.8) is 0 Å². The number of benzene rings is 2. The van der Waals surface area contributed by atoms with Crippen LogP contribution in [-0.4, -0.2) is 5.91 Å². The number of nitrogens with one attached hydrogen (secondary N) is 1. The summed E-state index contributed by atoms with van der Waals surface area (Å²) in [7, 11) is 0. The zero-order valence-electron chi connectivity index (χ0n) is 10.2. The Balaban J connectivity index is 2.35. The molecule has 1 amide bonds. The van der Waals surface area contributed by atoms with Crippen LogP contribution in [0.3, 0.4) is 0 Å². The maximum absolute atomic E-state index is 13.1. The molecule has 0 fully saturated rings. The number of nitrogens with two attached hydrogens (primary N) is 1. The van der Waals surface area contributed by atoms with E-state index in [0.29, 0.717) is 21.1 Å². The van der Waals surface area contributed by atoms with E-state index in [1.54, 1.807) is 12.1 Å². The van der Waals surface area contributed by atoms with Crippen molar-refractivity contribution in [1.29, 1.82) is 0 Å². The van der Waals surface area contributed by atoms with E-state index in [1.165, 1.54) is 0 Å². The predicted octanol–water partition coefficient (Wildman–Crippen LogP) is 4.46. The van der Waals surface area contributed by atoms with E-state index in [9.17, 15) is 18.0 Å². The Morgan fingerprint density at radius 2 is 1.62 bits per heavy atom. The maximum Gasteiger partial charge on any atom is 0.255 e. The van der Waals surface area contributed by atoms with Crippen molar-refractivity contribution in [2.45, 2.75) is 0 Å². The molecule has 0 saturated heterocycles. The molecule has 0 aliphatic carbocycles. The van der Waals surface area contributed by atoms with Gasteiger partial charge in [0.25, 0.3) is 5.91 Å². The number of halogens is 5. The van der Waals surface area contributed by atoms with Crippen LogP contribution in [0, 0.1) is 17.5 Å². The Morgan fingerprint density at radius 1 is 1.05 bits per heavy atom. The number of carbonyl (C=O) groups excluding carboxylic acids is 1. The van der Waals surface area contributed by atoms with Gasteiger partial charge in [0.1, 0.15) is 0 Å². The van der Waals surface area contributed by atoms with Gasteiger partial charge < -0.3 is 11.1 Å². The molecule has 0 aliphatic rings. The van der Waals surface area contributed by atoms with E-state index in [0.717, 1.165) is 0 Å². The number of hydrogen-bond donors (Lipinski definition) is 2. The molecule has 0 atom stereocenters. The van der Waals surface area contributed by atoms with E-state index in [-0.39, 0.29) is 16.9 Å². The second-order valence-electron chi connectivity index (χ2n) is 4.06. The van der Waals surface area contributed by atoms with Crippen LogP contribution < -0.4 is 11.1 Å². The van der Waals surface area contributed by atoms with Crippen molar-refractivity contribution < 1.29 is 18.0 Å². The second kappa shape index (κ2) is 6.07. The zero-order valence-corrected chi connectivity index (χ0v) is 13.4. The van der Waals surface area contributed by atoms with Gasteiger partial charge >= 0.3 is 0 Å². The van der Waals surface area contributed by atoms with Gasteiger partial charge in [-0.2, -0.15) is 0 Å². The minimum atomic E-state index is -1.63. The van der Waals surface area contributed by atoms with E-state index in [4.69, 9.17) is 5.73 Å². The van der Waals surface area contributed by atoms with Crippen LogP contribution in [0.25, 0.3) is 0 Å². The quantitative estimate of drug-likeness (QED) is 0.553. The van der Waals surface area contributed by atoms with E-state index in [2.05, 4.69) is 37.2 Å². The minimum Gasteiger partial charge on any atom is -0.397 e. The van der Waals surface area contributed by atoms with Gasteiger partial charge in [-0.15, -0.1) is 0 Å². The van der Waals surface area contributed by atoms with Gasteiger partial charge in [0.2, 0.25) is 0 Å². The first-order valence-corrected chi connectivity index (χ1v) is 7.08. The molecule has 8 heteroatoms. The molecule has 0 aromatic heterocycles. The van der Waals surface area contributed by atoms with Crippen LogP contribution in [0.2, 0.25) is 0 Å². The monoisotopic (exact) mass is 422 g/mol. The number of carbonyl (C=O) groups is 1. The predicted molar refractivity (Wildman–Crippen MR) is 80.5 cm³/mol. The van der Waals surface area contributed by atoms with Crippen molar-refractivity contribution in [2.75, 3.05) is 11.1 Å². The first-order valence-electron chi connectivity index (χ1n) is 5.50. The van der Waals surface area contributed by atoms with Crippen LogP contribution >= 0.6 is 31.9 Å². The summed E-state index contributed by atoms with van der Waals surface area (Å²) in [6, 6.07) is 4.40. The van der Waals surface area contributed by atoms with Gasteiger partial charge in [-0.05, 0) is 40.2 Å². The molecular formula is C13H7Br2F3N2O. The highest BCUT2D eigenvalue weighted by atomic mass is 79.9. The molecule has 3 N–H and O–H groups in total. The van der Waals surface area contributed by atoms with Crippen molar-refractivity contribution in [3.8, 4) is 0 Å². The molecule has 110 valence electrons. The first-order chi connectivity index (χ1) is 9.79. The summed E-state index contributed by atoms with van der Waals surface area (Å²) in [5.41, 5.74) is 5.88. The van der Waals surface area contributed by atoms with Gasteiger partial charge in [-0.1, -0.05) is 15.9 Å². The van der Waals surface area contributed by atoms with Crippen molar-refractivity contribution >= 4 is 49.1 Å². The highest BCUT2D eigenvalue weighted by Crippen LogP contribution is 2.33. The Bertz CT molecular complexity index is 691. The fourth-order valence-corrected chi connectivity index (χ4v) is 2.96. The normalized spacial score (nSPS) is 10.5. The van der Waals surface area contributed by atoms with Gasteiger partial charge in [-0.3, -0.25) is 4.79 Å². The summed E-state index contributed by atoms with van der Waals surface area (Å²) in [5.74, 6) is -5.33. The molecule has 21 heavy (non-hydrogen) atoms. The smallest absolute Gasteiger partial charge is 0.255 e. The Hall–Kier alpha value is -1.54. The third-order valence-corrected chi connectivity index (χ3v) is 3.65. The molecule has 0 spiro atoms. The van der Waals surface area contributed by atoms with Gasteiger partial charge in [0.15, 0.2) is 17.5 Å². The molecule has 2 aromatic rings. The third kappa shape index (κ3) is 3.38. The van der Waals surface area contributed by atoms with Gasteiger partial charge in [0, 0.05) is 14.5 Å². The highest BCUT2D eigenvalue weighted by molar-refractivity contribution is 9.11. The molecule has 3 nitrogen and oxygen atoms in total. The maximum atomic E-state index is 13.1. The van der Waals surface area contributed by atoms with Crippen LogP contribution in [0.5, 0.6) is 0 Å². The lowest BCUT2D eigenvalue weighted by atomic mass is 10.2. The first kappa shape index (κ1) is 15.8. The van der Waals surface area contributed by atoms with Gasteiger partial charge in [-0.25, -0.2) is 13.2 Å². The number of anilines is 2. The van der Waals surface area contributed by atoms with Crippen LogP contribution in [-0.2, 0) is 0 Å². The van der Waals surface area contributed by atoms with Crippen LogP contribution in [0.4, 0.5) is 24.5 Å². The lowest BCUT2D eigenvalue weighted by Crippen LogP contribution is -2.15. The van der Waals surface area contributed by atoms with Crippen LogP contribution in [0.15, 0.2) is 33.2 Å². The lowest BCUT2D eigenvalue weighted by Gasteiger charge is -2.11. The average Bonchev–Trinajstić information content (AvgIpc) is 2.39. The average molecular weight is 424 g/mol. The molecule has 0 aliphatic heterocycles. The largest absolute Gasteiger partial charge is 0.397 e. The molecule has 0 bridgehead atoms. The van der Waals surface area contributed by atoms with E-state index < -0.39 is 23.4 Å². The SMILES string of the molecule is Nc1cc(Br)cc(Br)c1NC(=O)c1cc(F)c(F)c(F)c1. The van der Waals surface area contributed by atoms with Gasteiger partial charge in [0.05, 0.1) is 11.4 Å². The summed E-state index contributed by atoms with van der Waals surface area (Å²) >= 11 is 6.43. The number of rotatable bonds is 2. The fourth-order valence-electron chi connectivity index (χ4n) is 1.60. The summed E-state index contributed by atoms with van der Waals surface area (Å²) in [6.45, 7) is 0. The molecule has 0 saturated carbocycles. The number of amides is 1. The molecule has 0 heterocycles. The second-order valence-corrected chi connectivity index (χ2v) is 5.83. The summed E-state index contributed by atoms with van der Waals surface area (Å²) < 4.78 is 40.3. The topological polar surface area (TPSA) is 55.1 Å². The standard InChI is InChI=1S/C13H7Br2F3N2O/c14-6-3-7(15)12(10(19)4-6)20-13(21)5-1-8(16)11(18)9(17)2-5/h1-4H,19H2,(H,20,21). The third-order valence-electron chi connectivity index (χ3n) is 2.57. The minimum absolute atomic E-state index is 0.243. The van der Waals surface area contributed by atoms with Crippen molar-refractivity contribution in [3.05, 3.63) is 56.2 Å². The Kier molecular flexibility index (Phi) is 4.58. The van der Waals surface area contributed by atoms with E-state index >= 15 is 0 Å². The molecule has 0 unspecified atom stereocenters. The van der Waals surface area contributed by atoms with Crippen molar-refractivity contribution in [2.24, 2.45) is 0 Å². The molecule has 0 radical (unpaired) electrons.